The van der Waals surface area contributed by atoms with E-state index in [4.69, 9.17) is 0 Å². The van der Waals surface area contributed by atoms with E-state index in [2.05, 4.69) is 36.5 Å². The third-order valence-electron chi connectivity index (χ3n) is 3.91. The van der Waals surface area contributed by atoms with Crippen LogP contribution in [0.15, 0.2) is 27.5 Å². The Bertz CT molecular complexity index is 945. The number of nitrogens with zero attached hydrogens (tertiary/aromatic N) is 1. The number of nitrogens with one attached hydrogen (secondary N) is 3. The molecular formula is C19H23BrN4O3. The van der Waals surface area contributed by atoms with Gasteiger partial charge in [0.2, 0.25) is 5.91 Å². The molecule has 0 aliphatic heterocycles. The first-order valence-corrected chi connectivity index (χ1v) is 9.24. The van der Waals surface area contributed by atoms with Gasteiger partial charge < -0.3 is 15.6 Å². The summed E-state index contributed by atoms with van der Waals surface area (Å²) < 4.78 is 0.909. The molecule has 8 heteroatoms. The highest BCUT2D eigenvalue weighted by atomic mass is 79.9. The van der Waals surface area contributed by atoms with Crippen molar-refractivity contribution in [2.75, 3.05) is 11.9 Å². The number of carbonyl (C=O) groups excluding carboxylic acids is 2. The van der Waals surface area contributed by atoms with Crippen LogP contribution >= 0.6 is 15.9 Å². The molecule has 3 N–H and O–H groups in total. The minimum atomic E-state index is -0.635. The van der Waals surface area contributed by atoms with Crippen molar-refractivity contribution in [3.05, 3.63) is 55.7 Å². The molecule has 0 spiro atoms. The summed E-state index contributed by atoms with van der Waals surface area (Å²) in [4.78, 5) is 43.7. The summed E-state index contributed by atoms with van der Waals surface area (Å²) in [7, 11) is 0. The summed E-state index contributed by atoms with van der Waals surface area (Å²) >= 11 is 3.36. The number of H-pyrrole nitrogens is 1. The lowest BCUT2D eigenvalue weighted by atomic mass is 9.95. The maximum atomic E-state index is 12.4. The average Bonchev–Trinajstić information content (AvgIpc) is 2.54. The number of carbonyl (C=O) groups is 2. The van der Waals surface area contributed by atoms with Gasteiger partial charge in [0.25, 0.3) is 11.5 Å². The third-order valence-corrected chi connectivity index (χ3v) is 4.40. The topological polar surface area (TPSA) is 104 Å². The molecule has 2 rings (SSSR count). The monoisotopic (exact) mass is 434 g/mol. The number of hydrogen-bond donors (Lipinski definition) is 3. The fourth-order valence-electron chi connectivity index (χ4n) is 2.42. The highest BCUT2D eigenvalue weighted by Crippen LogP contribution is 2.20. The second-order valence-electron chi connectivity index (χ2n) is 7.32. The van der Waals surface area contributed by atoms with Crippen LogP contribution in [-0.2, 0) is 10.2 Å². The van der Waals surface area contributed by atoms with Crippen molar-refractivity contribution in [2.45, 2.75) is 40.0 Å². The second kappa shape index (κ2) is 8.04. The van der Waals surface area contributed by atoms with Gasteiger partial charge in [0.1, 0.15) is 11.4 Å². The summed E-state index contributed by atoms with van der Waals surface area (Å²) in [5.41, 5.74) is 0.914. The van der Waals surface area contributed by atoms with Crippen LogP contribution in [0.2, 0.25) is 0 Å². The minimum absolute atomic E-state index is 0.0874. The Hall–Kier alpha value is -2.48. The van der Waals surface area contributed by atoms with Crippen LogP contribution < -0.4 is 16.2 Å². The number of rotatable bonds is 4. The molecule has 0 radical (unpaired) electrons. The van der Waals surface area contributed by atoms with Gasteiger partial charge in [-0.3, -0.25) is 14.4 Å². The number of amides is 2. The lowest BCUT2D eigenvalue weighted by Gasteiger charge is -2.18. The third kappa shape index (κ3) is 5.26. The number of hydrogen-bond acceptors (Lipinski definition) is 4. The number of benzene rings is 1. The van der Waals surface area contributed by atoms with E-state index >= 15 is 0 Å². The van der Waals surface area contributed by atoms with Crippen molar-refractivity contribution in [1.29, 1.82) is 0 Å². The van der Waals surface area contributed by atoms with Gasteiger partial charge >= 0.3 is 0 Å². The molecule has 0 aliphatic carbocycles. The van der Waals surface area contributed by atoms with Crippen molar-refractivity contribution in [2.24, 2.45) is 0 Å². The quantitative estimate of drug-likeness (QED) is 0.687. The molecule has 2 aromatic rings. The molecule has 2 amide bonds. The standard InChI is InChI=1S/C19H23BrN4O3/c1-10-8-12(20)6-7-13(10)23-14(25)9-21-16(26)15-11(2)22-18(19(3,4)5)24-17(15)27/h6-8H,9H2,1-5H3,(H,21,26)(H,23,25)(H,22,24,27). The predicted molar refractivity (Wildman–Crippen MR) is 108 cm³/mol. The molecule has 144 valence electrons. The first-order valence-electron chi connectivity index (χ1n) is 8.44. The normalized spacial score (nSPS) is 11.2. The van der Waals surface area contributed by atoms with Crippen molar-refractivity contribution in [1.82, 2.24) is 15.3 Å². The molecular weight excluding hydrogens is 412 g/mol. The molecule has 27 heavy (non-hydrogen) atoms. The largest absolute Gasteiger partial charge is 0.343 e. The molecule has 1 aromatic carbocycles. The summed E-state index contributed by atoms with van der Waals surface area (Å²) in [6, 6.07) is 5.45. The van der Waals surface area contributed by atoms with E-state index in [1.807, 2.05) is 39.8 Å². The van der Waals surface area contributed by atoms with Gasteiger partial charge in [-0.1, -0.05) is 36.7 Å². The summed E-state index contributed by atoms with van der Waals surface area (Å²) in [6.07, 6.45) is 0. The van der Waals surface area contributed by atoms with Crippen LogP contribution in [0, 0.1) is 13.8 Å². The molecule has 0 bridgehead atoms. The lowest BCUT2D eigenvalue weighted by molar-refractivity contribution is -0.115. The van der Waals surface area contributed by atoms with Crippen LogP contribution in [0.5, 0.6) is 0 Å². The predicted octanol–water partition coefficient (Wildman–Crippen LogP) is 2.82. The van der Waals surface area contributed by atoms with Crippen LogP contribution in [0.1, 0.15) is 48.2 Å². The Balaban J connectivity index is 2.07. The molecule has 0 saturated carbocycles. The zero-order valence-corrected chi connectivity index (χ0v) is 17.6. The lowest BCUT2D eigenvalue weighted by Crippen LogP contribution is -2.37. The van der Waals surface area contributed by atoms with Crippen LogP contribution in [0.25, 0.3) is 0 Å². The zero-order chi connectivity index (χ0) is 20.4. The highest BCUT2D eigenvalue weighted by Gasteiger charge is 2.22. The van der Waals surface area contributed by atoms with E-state index in [0.29, 0.717) is 17.2 Å². The van der Waals surface area contributed by atoms with E-state index in [1.54, 1.807) is 13.0 Å². The Morgan fingerprint density at radius 1 is 1.22 bits per heavy atom. The van der Waals surface area contributed by atoms with E-state index in [0.717, 1.165) is 10.0 Å². The number of anilines is 1. The first-order chi connectivity index (χ1) is 12.5. The molecule has 1 heterocycles. The average molecular weight is 435 g/mol. The van der Waals surface area contributed by atoms with Gasteiger partial charge in [-0.2, -0.15) is 0 Å². The SMILES string of the molecule is Cc1cc(Br)ccc1NC(=O)CNC(=O)c1c(C)nc(C(C)(C)C)[nH]c1=O. The fraction of sp³-hybridized carbons (Fsp3) is 0.368. The van der Waals surface area contributed by atoms with Crippen molar-refractivity contribution in [3.63, 3.8) is 0 Å². The summed E-state index contributed by atoms with van der Waals surface area (Å²) in [5, 5.41) is 5.20. The van der Waals surface area contributed by atoms with Gasteiger partial charge in [-0.05, 0) is 37.6 Å². The smallest absolute Gasteiger partial charge is 0.264 e. The van der Waals surface area contributed by atoms with Crippen LogP contribution in [-0.4, -0.2) is 28.3 Å². The Morgan fingerprint density at radius 3 is 2.44 bits per heavy atom. The molecule has 7 nitrogen and oxygen atoms in total. The van der Waals surface area contributed by atoms with E-state index < -0.39 is 11.5 Å². The molecule has 0 aliphatic rings. The molecule has 1 aromatic heterocycles. The van der Waals surface area contributed by atoms with Crippen LogP contribution in [0.4, 0.5) is 5.69 Å². The second-order valence-corrected chi connectivity index (χ2v) is 8.23. The van der Waals surface area contributed by atoms with Crippen molar-refractivity contribution in [3.8, 4) is 0 Å². The van der Waals surface area contributed by atoms with Gasteiger partial charge in [0.05, 0.1) is 12.2 Å². The highest BCUT2D eigenvalue weighted by molar-refractivity contribution is 9.10. The van der Waals surface area contributed by atoms with Gasteiger partial charge in [-0.15, -0.1) is 0 Å². The Morgan fingerprint density at radius 2 is 1.89 bits per heavy atom. The number of aromatic amines is 1. The summed E-state index contributed by atoms with van der Waals surface area (Å²) in [5.74, 6) is -0.517. The molecule has 0 unspecified atom stereocenters. The number of aryl methyl sites for hydroxylation is 2. The first kappa shape index (κ1) is 20.8. The van der Waals surface area contributed by atoms with Crippen molar-refractivity contribution >= 4 is 33.4 Å². The number of aromatic nitrogens is 2. The maximum Gasteiger partial charge on any atom is 0.264 e. The van der Waals surface area contributed by atoms with Gasteiger partial charge in [0.15, 0.2) is 0 Å². The van der Waals surface area contributed by atoms with E-state index in [-0.39, 0.29) is 23.4 Å². The maximum absolute atomic E-state index is 12.4. The van der Waals surface area contributed by atoms with Crippen molar-refractivity contribution < 1.29 is 9.59 Å². The van der Waals surface area contributed by atoms with E-state index in [9.17, 15) is 14.4 Å². The minimum Gasteiger partial charge on any atom is -0.343 e. The van der Waals surface area contributed by atoms with Gasteiger partial charge in [-0.25, -0.2) is 4.98 Å². The van der Waals surface area contributed by atoms with Gasteiger partial charge in [0, 0.05) is 15.6 Å². The zero-order valence-electron chi connectivity index (χ0n) is 16.0. The van der Waals surface area contributed by atoms with Crippen LogP contribution in [0.3, 0.4) is 0 Å². The molecule has 0 saturated heterocycles. The number of halogens is 1. The molecule has 0 atom stereocenters. The summed E-state index contributed by atoms with van der Waals surface area (Å²) in [6.45, 7) is 8.96. The molecule has 0 fully saturated rings. The Kier molecular flexibility index (Phi) is 6.20. The Labute approximate surface area is 166 Å². The fourth-order valence-corrected chi connectivity index (χ4v) is 2.89. The van der Waals surface area contributed by atoms with E-state index in [1.165, 1.54) is 0 Å².